The molecule has 2 aromatic rings. The maximum absolute atomic E-state index is 12.4. The highest BCUT2D eigenvalue weighted by atomic mass is 32.1. The van der Waals surface area contributed by atoms with E-state index >= 15 is 0 Å². The lowest BCUT2D eigenvalue weighted by Gasteiger charge is -2.23. The summed E-state index contributed by atoms with van der Waals surface area (Å²) < 4.78 is 5.68. The Morgan fingerprint density at radius 3 is 2.91 bits per heavy atom. The Hall–Kier alpha value is -1.95. The molecule has 0 saturated heterocycles. The second-order valence-corrected chi connectivity index (χ2v) is 6.78. The third-order valence-corrected chi connectivity index (χ3v) is 5.26. The van der Waals surface area contributed by atoms with Crippen molar-refractivity contribution in [2.75, 3.05) is 11.9 Å². The molecule has 1 aromatic heterocycles. The summed E-state index contributed by atoms with van der Waals surface area (Å²) in [4.78, 5) is 12.4. The van der Waals surface area contributed by atoms with Gasteiger partial charge in [0.1, 0.15) is 17.4 Å². The first-order chi connectivity index (χ1) is 11.2. The molecular formula is C17H21N3O2S. The number of nitrogens with one attached hydrogen (secondary N) is 1. The second kappa shape index (κ2) is 7.08. The molecule has 1 atom stereocenters. The maximum atomic E-state index is 12.4. The van der Waals surface area contributed by atoms with E-state index in [2.05, 4.69) is 29.4 Å². The zero-order valence-corrected chi connectivity index (χ0v) is 14.2. The van der Waals surface area contributed by atoms with Crippen LogP contribution in [0.4, 0.5) is 5.13 Å². The molecule has 6 heteroatoms. The van der Waals surface area contributed by atoms with Gasteiger partial charge in [-0.1, -0.05) is 43.4 Å². The monoisotopic (exact) mass is 331 g/mol. The van der Waals surface area contributed by atoms with Gasteiger partial charge in [-0.2, -0.15) is 0 Å². The summed E-state index contributed by atoms with van der Waals surface area (Å²) >= 11 is 1.47. The number of hydrogen-bond acceptors (Lipinski definition) is 5. The largest absolute Gasteiger partial charge is 0.492 e. The second-order valence-electron chi connectivity index (χ2n) is 5.77. The van der Waals surface area contributed by atoms with E-state index in [1.807, 2.05) is 24.3 Å². The smallest absolute Gasteiger partial charge is 0.233 e. The van der Waals surface area contributed by atoms with E-state index in [-0.39, 0.29) is 11.8 Å². The summed E-state index contributed by atoms with van der Waals surface area (Å²) in [6.07, 6.45) is 2.76. The number of benzene rings is 1. The number of carbonyl (C=O) groups is 1. The molecular weight excluding hydrogens is 310 g/mol. The van der Waals surface area contributed by atoms with Crippen LogP contribution >= 0.6 is 11.3 Å². The molecule has 23 heavy (non-hydrogen) atoms. The number of ether oxygens (including phenoxy) is 1. The third kappa shape index (κ3) is 3.52. The summed E-state index contributed by atoms with van der Waals surface area (Å²) in [6, 6.07) is 7.86. The highest BCUT2D eigenvalue weighted by Gasteiger charge is 2.26. The van der Waals surface area contributed by atoms with Crippen LogP contribution in [0.15, 0.2) is 24.3 Å². The van der Waals surface area contributed by atoms with Crippen molar-refractivity contribution in [2.24, 2.45) is 5.92 Å². The molecule has 0 spiro atoms. The van der Waals surface area contributed by atoms with E-state index in [4.69, 9.17) is 4.74 Å². The lowest BCUT2D eigenvalue weighted by Crippen LogP contribution is -2.32. The summed E-state index contributed by atoms with van der Waals surface area (Å²) in [5, 5.41) is 12.8. The molecule has 0 saturated carbocycles. The van der Waals surface area contributed by atoms with Crippen LogP contribution < -0.4 is 10.1 Å². The van der Waals surface area contributed by atoms with Crippen LogP contribution in [-0.2, 0) is 11.2 Å². The van der Waals surface area contributed by atoms with Gasteiger partial charge in [0.25, 0.3) is 0 Å². The van der Waals surface area contributed by atoms with Crippen LogP contribution in [0.3, 0.4) is 0 Å². The summed E-state index contributed by atoms with van der Waals surface area (Å²) in [6.45, 7) is 4.69. The highest BCUT2D eigenvalue weighted by Crippen LogP contribution is 2.30. The molecule has 0 radical (unpaired) electrons. The molecule has 1 aliphatic rings. The van der Waals surface area contributed by atoms with Crippen molar-refractivity contribution >= 4 is 22.4 Å². The number of fused-ring (bicyclic) bond motifs is 1. The molecule has 0 aliphatic carbocycles. The van der Waals surface area contributed by atoms with Gasteiger partial charge in [0.05, 0.1) is 5.92 Å². The molecule has 3 rings (SSSR count). The fourth-order valence-electron chi connectivity index (χ4n) is 2.79. The van der Waals surface area contributed by atoms with Gasteiger partial charge in [-0.3, -0.25) is 4.79 Å². The van der Waals surface area contributed by atoms with E-state index in [1.54, 1.807) is 0 Å². The number of nitrogens with zero attached hydrogens (tertiary/aromatic N) is 2. The van der Waals surface area contributed by atoms with Gasteiger partial charge in [-0.25, -0.2) is 0 Å². The fourth-order valence-corrected chi connectivity index (χ4v) is 3.80. The molecule has 122 valence electrons. The van der Waals surface area contributed by atoms with E-state index in [0.717, 1.165) is 29.2 Å². The standard InChI is InChI=1S/C17H21N3O2S/c1-3-11(4-2)16-19-20-17(23-16)18-15(21)13-9-12-7-5-6-8-14(12)22-10-13/h5-8,11,13H,3-4,9-10H2,1-2H3,(H,18,20,21). The average molecular weight is 331 g/mol. The average Bonchev–Trinajstić information content (AvgIpc) is 3.04. The van der Waals surface area contributed by atoms with Crippen LogP contribution in [0.2, 0.25) is 0 Å². The van der Waals surface area contributed by atoms with Crippen LogP contribution in [0.1, 0.15) is 43.2 Å². The van der Waals surface area contributed by atoms with Crippen LogP contribution in [0, 0.1) is 5.92 Å². The van der Waals surface area contributed by atoms with Crippen molar-refractivity contribution in [3.63, 3.8) is 0 Å². The Morgan fingerprint density at radius 2 is 2.13 bits per heavy atom. The van der Waals surface area contributed by atoms with E-state index in [1.165, 1.54) is 11.3 Å². The van der Waals surface area contributed by atoms with Crippen LogP contribution in [0.25, 0.3) is 0 Å². The molecule has 2 heterocycles. The number of hydrogen-bond donors (Lipinski definition) is 1. The van der Waals surface area contributed by atoms with Crippen molar-refractivity contribution in [1.29, 1.82) is 0 Å². The fraction of sp³-hybridized carbons (Fsp3) is 0.471. The van der Waals surface area contributed by atoms with Gasteiger partial charge >= 0.3 is 0 Å². The topological polar surface area (TPSA) is 64.1 Å². The Labute approximate surface area is 140 Å². The number of rotatable bonds is 5. The first-order valence-corrected chi connectivity index (χ1v) is 8.87. The number of aromatic nitrogens is 2. The lowest BCUT2D eigenvalue weighted by molar-refractivity contribution is -0.121. The minimum absolute atomic E-state index is 0.0493. The molecule has 1 aliphatic heterocycles. The third-order valence-electron chi connectivity index (χ3n) is 4.26. The zero-order chi connectivity index (χ0) is 16.2. The minimum Gasteiger partial charge on any atom is -0.492 e. The van der Waals surface area contributed by atoms with Gasteiger partial charge in [0.2, 0.25) is 11.0 Å². The first-order valence-electron chi connectivity index (χ1n) is 8.06. The first kappa shape index (κ1) is 15.9. The number of carbonyl (C=O) groups excluding carboxylic acids is 1. The molecule has 0 bridgehead atoms. The van der Waals surface area contributed by atoms with E-state index in [0.29, 0.717) is 24.1 Å². The van der Waals surface area contributed by atoms with Crippen molar-refractivity contribution in [3.05, 3.63) is 34.8 Å². The highest BCUT2D eigenvalue weighted by molar-refractivity contribution is 7.15. The molecule has 0 fully saturated rings. The van der Waals surface area contributed by atoms with E-state index < -0.39 is 0 Å². The summed E-state index contributed by atoms with van der Waals surface area (Å²) in [5.41, 5.74) is 1.08. The molecule has 1 unspecified atom stereocenters. The number of amides is 1. The normalized spacial score (nSPS) is 16.7. The predicted octanol–water partition coefficient (Wildman–Crippen LogP) is 3.63. The van der Waals surface area contributed by atoms with Gasteiger partial charge in [0.15, 0.2) is 0 Å². The van der Waals surface area contributed by atoms with Crippen molar-refractivity contribution < 1.29 is 9.53 Å². The van der Waals surface area contributed by atoms with Gasteiger partial charge in [0, 0.05) is 5.92 Å². The van der Waals surface area contributed by atoms with Gasteiger partial charge in [-0.15, -0.1) is 10.2 Å². The molecule has 1 amide bonds. The molecule has 1 aromatic carbocycles. The van der Waals surface area contributed by atoms with Crippen LogP contribution in [0.5, 0.6) is 5.75 Å². The zero-order valence-electron chi connectivity index (χ0n) is 13.4. The quantitative estimate of drug-likeness (QED) is 0.908. The van der Waals surface area contributed by atoms with Gasteiger partial charge < -0.3 is 10.1 Å². The minimum atomic E-state index is -0.189. The van der Waals surface area contributed by atoms with Crippen molar-refractivity contribution in [3.8, 4) is 5.75 Å². The Kier molecular flexibility index (Phi) is 4.91. The van der Waals surface area contributed by atoms with E-state index in [9.17, 15) is 4.79 Å². The molecule has 1 N–H and O–H groups in total. The summed E-state index contributed by atoms with van der Waals surface area (Å²) in [7, 11) is 0. The molecule has 5 nitrogen and oxygen atoms in total. The van der Waals surface area contributed by atoms with Gasteiger partial charge in [-0.05, 0) is 30.9 Å². The lowest BCUT2D eigenvalue weighted by atomic mass is 9.96. The number of para-hydroxylation sites is 1. The van der Waals surface area contributed by atoms with Crippen LogP contribution in [-0.4, -0.2) is 22.7 Å². The Balaban J connectivity index is 1.64. The maximum Gasteiger partial charge on any atom is 0.233 e. The SMILES string of the molecule is CCC(CC)c1nnc(NC(=O)C2COc3ccccc3C2)s1. The number of anilines is 1. The van der Waals surface area contributed by atoms with Crippen molar-refractivity contribution in [2.45, 2.75) is 39.0 Å². The van der Waals surface area contributed by atoms with Crippen molar-refractivity contribution in [1.82, 2.24) is 10.2 Å². The predicted molar refractivity (Wildman–Crippen MR) is 91.0 cm³/mol. The summed E-state index contributed by atoms with van der Waals surface area (Å²) in [5.74, 6) is 1.06. The Morgan fingerprint density at radius 1 is 1.35 bits per heavy atom. The Bertz CT molecular complexity index is 682.